The summed E-state index contributed by atoms with van der Waals surface area (Å²) in [7, 11) is 2.19. The van der Waals surface area contributed by atoms with Crippen LogP contribution in [0.4, 0.5) is 0 Å². The van der Waals surface area contributed by atoms with E-state index in [-0.39, 0.29) is 0 Å². The first-order valence-corrected chi connectivity index (χ1v) is 7.17. The van der Waals surface area contributed by atoms with Crippen LogP contribution in [-0.2, 0) is 6.54 Å². The van der Waals surface area contributed by atoms with Gasteiger partial charge in [-0.25, -0.2) is 0 Å². The Bertz CT molecular complexity index is 381. The Balaban J connectivity index is 1.88. The summed E-state index contributed by atoms with van der Waals surface area (Å²) >= 11 is 6.20. The van der Waals surface area contributed by atoms with Crippen molar-refractivity contribution < 1.29 is 0 Å². The Morgan fingerprint density at radius 2 is 2.17 bits per heavy atom. The molecule has 0 aromatic heterocycles. The summed E-state index contributed by atoms with van der Waals surface area (Å²) in [6.45, 7) is 6.77. The molecule has 1 aliphatic heterocycles. The summed E-state index contributed by atoms with van der Waals surface area (Å²) in [6, 6.07) is 8.13. The van der Waals surface area contributed by atoms with Gasteiger partial charge in [-0.15, -0.1) is 0 Å². The highest BCUT2D eigenvalue weighted by molar-refractivity contribution is 6.31. The zero-order valence-corrected chi connectivity index (χ0v) is 12.1. The molecule has 1 saturated heterocycles. The minimum atomic E-state index is 0.771. The quantitative estimate of drug-likeness (QED) is 0.901. The van der Waals surface area contributed by atoms with Crippen molar-refractivity contribution in [3.63, 3.8) is 0 Å². The molecule has 0 saturated carbocycles. The number of piperidine rings is 1. The van der Waals surface area contributed by atoms with Crippen molar-refractivity contribution in [1.82, 2.24) is 10.2 Å². The molecular formula is C15H23ClN2. The fourth-order valence-electron chi connectivity index (χ4n) is 2.72. The molecule has 18 heavy (non-hydrogen) atoms. The normalized spacial score (nSPS) is 24.4. The molecule has 2 rings (SSSR count). The third-order valence-electron chi connectivity index (χ3n) is 3.91. The predicted octanol–water partition coefficient (Wildman–Crippen LogP) is 3.02. The highest BCUT2D eigenvalue weighted by Gasteiger charge is 2.22. The Kier molecular flexibility index (Phi) is 5.04. The van der Waals surface area contributed by atoms with Gasteiger partial charge in [0.05, 0.1) is 0 Å². The zero-order chi connectivity index (χ0) is 13.0. The molecule has 1 N–H and O–H groups in total. The number of rotatable bonds is 4. The molecule has 2 unspecified atom stereocenters. The van der Waals surface area contributed by atoms with Crippen molar-refractivity contribution in [2.75, 3.05) is 26.7 Å². The first-order chi connectivity index (χ1) is 8.66. The van der Waals surface area contributed by atoms with Gasteiger partial charge in [0.2, 0.25) is 0 Å². The second-order valence-electron chi connectivity index (χ2n) is 5.52. The first-order valence-electron chi connectivity index (χ1n) is 6.79. The van der Waals surface area contributed by atoms with Crippen LogP contribution in [0.1, 0.15) is 18.9 Å². The van der Waals surface area contributed by atoms with E-state index in [9.17, 15) is 0 Å². The standard InChI is InChI=1S/C15H23ClN2/c1-12-9-17-8-7-13(12)10-18(2)11-14-5-3-4-6-15(14)16/h3-6,12-13,17H,7-11H2,1-2H3. The van der Waals surface area contributed by atoms with Gasteiger partial charge in [-0.2, -0.15) is 0 Å². The zero-order valence-electron chi connectivity index (χ0n) is 11.3. The van der Waals surface area contributed by atoms with Crippen LogP contribution in [0.15, 0.2) is 24.3 Å². The van der Waals surface area contributed by atoms with E-state index in [1.54, 1.807) is 0 Å². The van der Waals surface area contributed by atoms with Crippen molar-refractivity contribution in [3.8, 4) is 0 Å². The molecule has 0 spiro atoms. The van der Waals surface area contributed by atoms with Crippen LogP contribution in [0.2, 0.25) is 5.02 Å². The van der Waals surface area contributed by atoms with Crippen LogP contribution in [0, 0.1) is 11.8 Å². The Hall–Kier alpha value is -0.570. The fraction of sp³-hybridized carbons (Fsp3) is 0.600. The molecule has 0 aliphatic carbocycles. The van der Waals surface area contributed by atoms with Crippen molar-refractivity contribution in [2.45, 2.75) is 19.9 Å². The molecule has 1 aromatic carbocycles. The van der Waals surface area contributed by atoms with Gasteiger partial charge in [-0.3, -0.25) is 0 Å². The molecule has 100 valence electrons. The second kappa shape index (κ2) is 6.55. The fourth-order valence-corrected chi connectivity index (χ4v) is 2.92. The number of nitrogens with zero attached hydrogens (tertiary/aromatic N) is 1. The average Bonchev–Trinajstić information content (AvgIpc) is 2.35. The van der Waals surface area contributed by atoms with E-state index in [0.29, 0.717) is 0 Å². The van der Waals surface area contributed by atoms with Gasteiger partial charge in [0.15, 0.2) is 0 Å². The molecule has 1 aromatic rings. The van der Waals surface area contributed by atoms with Crippen LogP contribution in [0.3, 0.4) is 0 Å². The molecule has 1 heterocycles. The molecular weight excluding hydrogens is 244 g/mol. The van der Waals surface area contributed by atoms with E-state index in [1.165, 1.54) is 12.0 Å². The molecule has 3 heteroatoms. The van der Waals surface area contributed by atoms with Gasteiger partial charge in [-0.05, 0) is 50.0 Å². The third kappa shape index (κ3) is 3.71. The van der Waals surface area contributed by atoms with Gasteiger partial charge in [0, 0.05) is 18.1 Å². The molecule has 2 nitrogen and oxygen atoms in total. The molecule has 2 atom stereocenters. The summed E-state index contributed by atoms with van der Waals surface area (Å²) in [5.74, 6) is 1.58. The highest BCUT2D eigenvalue weighted by atomic mass is 35.5. The van der Waals surface area contributed by atoms with Crippen molar-refractivity contribution in [1.29, 1.82) is 0 Å². The topological polar surface area (TPSA) is 15.3 Å². The van der Waals surface area contributed by atoms with Gasteiger partial charge in [0.25, 0.3) is 0 Å². The number of halogens is 1. The third-order valence-corrected chi connectivity index (χ3v) is 4.28. The number of nitrogens with one attached hydrogen (secondary N) is 1. The van der Waals surface area contributed by atoms with E-state index in [1.807, 2.05) is 12.1 Å². The summed E-state index contributed by atoms with van der Waals surface area (Å²) < 4.78 is 0. The summed E-state index contributed by atoms with van der Waals surface area (Å²) in [5.41, 5.74) is 1.23. The lowest BCUT2D eigenvalue weighted by Gasteiger charge is -2.32. The smallest absolute Gasteiger partial charge is 0.0451 e. The number of hydrogen-bond donors (Lipinski definition) is 1. The van der Waals surface area contributed by atoms with Crippen LogP contribution in [-0.4, -0.2) is 31.6 Å². The van der Waals surface area contributed by atoms with Crippen molar-refractivity contribution in [3.05, 3.63) is 34.9 Å². The summed E-state index contributed by atoms with van der Waals surface area (Å²) in [5, 5.41) is 4.33. The first kappa shape index (κ1) is 13.9. The van der Waals surface area contributed by atoms with Crippen LogP contribution < -0.4 is 5.32 Å². The van der Waals surface area contributed by atoms with E-state index in [0.717, 1.165) is 43.0 Å². The molecule has 0 bridgehead atoms. The van der Waals surface area contributed by atoms with Crippen molar-refractivity contribution >= 4 is 11.6 Å². The number of benzene rings is 1. The maximum absolute atomic E-state index is 6.20. The lowest BCUT2D eigenvalue weighted by Crippen LogP contribution is -2.40. The van der Waals surface area contributed by atoms with Gasteiger partial charge < -0.3 is 10.2 Å². The lowest BCUT2D eigenvalue weighted by molar-refractivity contribution is 0.187. The van der Waals surface area contributed by atoms with Crippen molar-refractivity contribution in [2.24, 2.45) is 11.8 Å². The Morgan fingerprint density at radius 3 is 2.89 bits per heavy atom. The summed E-state index contributed by atoms with van der Waals surface area (Å²) in [6.07, 6.45) is 1.29. The van der Waals surface area contributed by atoms with Crippen LogP contribution in [0.25, 0.3) is 0 Å². The molecule has 1 fully saturated rings. The minimum Gasteiger partial charge on any atom is -0.316 e. The lowest BCUT2D eigenvalue weighted by atomic mass is 9.87. The molecule has 0 radical (unpaired) electrons. The van der Waals surface area contributed by atoms with E-state index in [4.69, 9.17) is 11.6 Å². The maximum atomic E-state index is 6.20. The minimum absolute atomic E-state index is 0.771. The SMILES string of the molecule is CC1CNCCC1CN(C)Cc1ccccc1Cl. The van der Waals surface area contributed by atoms with Crippen LogP contribution in [0.5, 0.6) is 0 Å². The molecule has 0 amide bonds. The Morgan fingerprint density at radius 1 is 1.39 bits per heavy atom. The van der Waals surface area contributed by atoms with E-state index >= 15 is 0 Å². The monoisotopic (exact) mass is 266 g/mol. The Labute approximate surface area is 115 Å². The maximum Gasteiger partial charge on any atom is 0.0451 e. The van der Waals surface area contributed by atoms with Gasteiger partial charge >= 0.3 is 0 Å². The van der Waals surface area contributed by atoms with Crippen LogP contribution >= 0.6 is 11.6 Å². The largest absolute Gasteiger partial charge is 0.316 e. The van der Waals surface area contributed by atoms with E-state index < -0.39 is 0 Å². The van der Waals surface area contributed by atoms with Gasteiger partial charge in [0.1, 0.15) is 0 Å². The summed E-state index contributed by atoms with van der Waals surface area (Å²) in [4.78, 5) is 2.40. The highest BCUT2D eigenvalue weighted by Crippen LogP contribution is 2.21. The molecule has 1 aliphatic rings. The van der Waals surface area contributed by atoms with E-state index in [2.05, 4.69) is 36.3 Å². The number of hydrogen-bond acceptors (Lipinski definition) is 2. The second-order valence-corrected chi connectivity index (χ2v) is 5.93. The average molecular weight is 267 g/mol. The predicted molar refractivity (Wildman–Crippen MR) is 77.9 cm³/mol. The van der Waals surface area contributed by atoms with Gasteiger partial charge in [-0.1, -0.05) is 36.7 Å².